The molecule has 0 unspecified atom stereocenters. The fourth-order valence-electron chi connectivity index (χ4n) is 3.18. The first-order valence-electron chi connectivity index (χ1n) is 10.5. The molecule has 2 aromatic carbocycles. The highest BCUT2D eigenvalue weighted by Crippen LogP contribution is 2.28. The van der Waals surface area contributed by atoms with Crippen LogP contribution in [0.15, 0.2) is 59.5 Å². The molecule has 0 aliphatic carbocycles. The molecular weight excluding hydrogens is 433 g/mol. The molecule has 6 nitrogen and oxygen atoms in total. The lowest BCUT2D eigenvalue weighted by Gasteiger charge is -2.34. The van der Waals surface area contributed by atoms with Gasteiger partial charge in [0.2, 0.25) is 10.0 Å². The standard InChI is InChI=1S/C24H32FNO5S/c1-18(2)22(23(27)31-24(3,4)5)26(17-19-9-7-6-8-10-19)32(28,29)21-13-11-20(12-14-21)30-16-15-25/h6-14,18,22H,15-17H2,1-5H3/t22-/m1/s1. The van der Waals surface area contributed by atoms with Gasteiger partial charge in [0.15, 0.2) is 0 Å². The van der Waals surface area contributed by atoms with E-state index in [9.17, 15) is 17.6 Å². The molecule has 0 amide bonds. The van der Waals surface area contributed by atoms with Gasteiger partial charge in [-0.25, -0.2) is 12.8 Å². The second kappa shape index (κ2) is 10.9. The third-order valence-corrected chi connectivity index (χ3v) is 6.39. The molecule has 0 aliphatic heterocycles. The molecule has 2 rings (SSSR count). The number of hydrogen-bond donors (Lipinski definition) is 0. The highest BCUT2D eigenvalue weighted by Gasteiger charge is 2.40. The number of ether oxygens (including phenoxy) is 2. The number of nitrogens with zero attached hydrogens (tertiary/aromatic N) is 1. The first-order valence-corrected chi connectivity index (χ1v) is 12.0. The smallest absolute Gasteiger partial charge is 0.325 e. The van der Waals surface area contributed by atoms with E-state index in [1.807, 2.05) is 30.3 Å². The molecule has 0 heterocycles. The average Bonchev–Trinajstić information content (AvgIpc) is 2.71. The van der Waals surface area contributed by atoms with Crippen LogP contribution >= 0.6 is 0 Å². The summed E-state index contributed by atoms with van der Waals surface area (Å²) in [5.74, 6) is -0.575. The molecule has 176 valence electrons. The summed E-state index contributed by atoms with van der Waals surface area (Å²) in [7, 11) is -4.08. The molecule has 0 saturated carbocycles. The zero-order valence-corrected chi connectivity index (χ0v) is 20.1. The summed E-state index contributed by atoms with van der Waals surface area (Å²) in [6.07, 6.45) is 0. The predicted octanol–water partition coefficient (Wildman–Crippen LogP) is 4.59. The Bertz CT molecular complexity index is 970. The topological polar surface area (TPSA) is 72.9 Å². The Kier molecular flexibility index (Phi) is 8.81. The van der Waals surface area contributed by atoms with E-state index in [1.165, 1.54) is 28.6 Å². The van der Waals surface area contributed by atoms with Crippen LogP contribution in [-0.2, 0) is 26.1 Å². The van der Waals surface area contributed by atoms with Crippen LogP contribution in [0.5, 0.6) is 5.75 Å². The van der Waals surface area contributed by atoms with Crippen molar-refractivity contribution in [2.45, 2.75) is 57.7 Å². The number of hydrogen-bond acceptors (Lipinski definition) is 5. The molecule has 32 heavy (non-hydrogen) atoms. The fourth-order valence-corrected chi connectivity index (χ4v) is 4.88. The van der Waals surface area contributed by atoms with E-state index >= 15 is 0 Å². The molecule has 0 aliphatic rings. The molecule has 0 spiro atoms. The van der Waals surface area contributed by atoms with Crippen molar-refractivity contribution in [1.29, 1.82) is 0 Å². The molecule has 0 bridgehead atoms. The molecular formula is C24H32FNO5S. The number of benzene rings is 2. The number of alkyl halides is 1. The Hall–Kier alpha value is -2.45. The van der Waals surface area contributed by atoms with Crippen molar-refractivity contribution in [3.63, 3.8) is 0 Å². The molecule has 0 N–H and O–H groups in total. The lowest BCUT2D eigenvalue weighted by atomic mass is 10.0. The van der Waals surface area contributed by atoms with Gasteiger partial charge in [-0.2, -0.15) is 4.31 Å². The summed E-state index contributed by atoms with van der Waals surface area (Å²) < 4.78 is 51.7. The van der Waals surface area contributed by atoms with Crippen LogP contribution in [-0.4, -0.2) is 43.6 Å². The summed E-state index contributed by atoms with van der Waals surface area (Å²) in [5.41, 5.74) is -0.0184. The van der Waals surface area contributed by atoms with E-state index < -0.39 is 34.3 Å². The average molecular weight is 466 g/mol. The van der Waals surface area contributed by atoms with Crippen LogP contribution in [0.25, 0.3) is 0 Å². The van der Waals surface area contributed by atoms with Gasteiger partial charge in [-0.1, -0.05) is 44.2 Å². The van der Waals surface area contributed by atoms with Crippen LogP contribution in [0.3, 0.4) is 0 Å². The summed E-state index contributed by atoms with van der Waals surface area (Å²) >= 11 is 0. The van der Waals surface area contributed by atoms with Crippen molar-refractivity contribution < 1.29 is 27.1 Å². The largest absolute Gasteiger partial charge is 0.491 e. The second-order valence-electron chi connectivity index (χ2n) is 8.77. The number of rotatable bonds is 10. The first-order chi connectivity index (χ1) is 15.0. The Morgan fingerprint density at radius 1 is 1.03 bits per heavy atom. The lowest BCUT2D eigenvalue weighted by molar-refractivity contribution is -0.161. The van der Waals surface area contributed by atoms with Gasteiger partial charge in [-0.15, -0.1) is 0 Å². The Morgan fingerprint density at radius 2 is 1.62 bits per heavy atom. The molecule has 0 aromatic heterocycles. The van der Waals surface area contributed by atoms with Gasteiger partial charge in [0.05, 0.1) is 4.90 Å². The third kappa shape index (κ3) is 7.03. The minimum absolute atomic E-state index is 0.00532. The Labute approximate surface area is 190 Å². The molecule has 0 saturated heterocycles. The van der Waals surface area contributed by atoms with E-state index in [0.29, 0.717) is 5.75 Å². The molecule has 0 radical (unpaired) electrons. The summed E-state index contributed by atoms with van der Waals surface area (Å²) in [5, 5.41) is 0. The normalized spacial score (nSPS) is 13.2. The first kappa shape index (κ1) is 25.8. The van der Waals surface area contributed by atoms with E-state index in [-0.39, 0.29) is 24.0 Å². The zero-order chi connectivity index (χ0) is 23.9. The number of halogens is 1. The maximum atomic E-state index is 13.7. The fraction of sp³-hybridized carbons (Fsp3) is 0.458. The van der Waals surface area contributed by atoms with Gasteiger partial charge >= 0.3 is 5.97 Å². The third-order valence-electron chi connectivity index (χ3n) is 4.55. The van der Waals surface area contributed by atoms with E-state index in [1.54, 1.807) is 34.6 Å². The van der Waals surface area contributed by atoms with E-state index in [4.69, 9.17) is 9.47 Å². The van der Waals surface area contributed by atoms with Crippen LogP contribution in [0.4, 0.5) is 4.39 Å². The van der Waals surface area contributed by atoms with Gasteiger partial charge in [0.25, 0.3) is 0 Å². The number of carbonyl (C=O) groups is 1. The molecule has 1 atom stereocenters. The predicted molar refractivity (Wildman–Crippen MR) is 122 cm³/mol. The highest BCUT2D eigenvalue weighted by atomic mass is 32.2. The number of esters is 1. The number of carbonyl (C=O) groups excluding carboxylic acids is 1. The molecule has 8 heteroatoms. The monoisotopic (exact) mass is 465 g/mol. The van der Waals surface area contributed by atoms with Gasteiger partial charge in [0, 0.05) is 6.54 Å². The van der Waals surface area contributed by atoms with Crippen LogP contribution in [0.1, 0.15) is 40.2 Å². The van der Waals surface area contributed by atoms with Gasteiger partial charge in [-0.05, 0) is 56.5 Å². The quantitative estimate of drug-likeness (QED) is 0.480. The maximum absolute atomic E-state index is 13.7. The van der Waals surface area contributed by atoms with Crippen LogP contribution < -0.4 is 4.74 Å². The van der Waals surface area contributed by atoms with Crippen molar-refractivity contribution >= 4 is 16.0 Å². The maximum Gasteiger partial charge on any atom is 0.325 e. The second-order valence-corrected chi connectivity index (χ2v) is 10.7. The van der Waals surface area contributed by atoms with Crippen LogP contribution in [0.2, 0.25) is 0 Å². The van der Waals surface area contributed by atoms with Crippen molar-refractivity contribution in [3.05, 3.63) is 60.2 Å². The van der Waals surface area contributed by atoms with Crippen molar-refractivity contribution in [2.24, 2.45) is 5.92 Å². The van der Waals surface area contributed by atoms with Gasteiger partial charge < -0.3 is 9.47 Å². The summed E-state index contributed by atoms with van der Waals surface area (Å²) in [4.78, 5) is 13.1. The SMILES string of the molecule is CC(C)[C@H](C(=O)OC(C)(C)C)N(Cc1ccccc1)S(=O)(=O)c1ccc(OCCF)cc1. The Balaban J connectivity index is 2.49. The van der Waals surface area contributed by atoms with Crippen LogP contribution in [0, 0.1) is 5.92 Å². The molecule has 0 fully saturated rings. The van der Waals surface area contributed by atoms with E-state index in [0.717, 1.165) is 5.56 Å². The van der Waals surface area contributed by atoms with Crippen molar-refractivity contribution in [3.8, 4) is 5.75 Å². The lowest BCUT2D eigenvalue weighted by Crippen LogP contribution is -2.49. The minimum Gasteiger partial charge on any atom is -0.491 e. The highest BCUT2D eigenvalue weighted by molar-refractivity contribution is 7.89. The zero-order valence-electron chi connectivity index (χ0n) is 19.2. The van der Waals surface area contributed by atoms with Crippen molar-refractivity contribution in [1.82, 2.24) is 4.31 Å². The van der Waals surface area contributed by atoms with E-state index in [2.05, 4.69) is 0 Å². The van der Waals surface area contributed by atoms with Crippen molar-refractivity contribution in [2.75, 3.05) is 13.3 Å². The van der Waals surface area contributed by atoms with Gasteiger partial charge in [0.1, 0.15) is 30.7 Å². The number of sulfonamides is 1. The summed E-state index contributed by atoms with van der Waals surface area (Å²) in [6, 6.07) is 13.8. The Morgan fingerprint density at radius 3 is 2.12 bits per heavy atom. The minimum atomic E-state index is -4.08. The molecule has 2 aromatic rings. The summed E-state index contributed by atoms with van der Waals surface area (Å²) in [6.45, 7) is 8.06. The van der Waals surface area contributed by atoms with Gasteiger partial charge in [-0.3, -0.25) is 4.79 Å².